The van der Waals surface area contributed by atoms with E-state index in [2.05, 4.69) is 28.9 Å². The average Bonchev–Trinajstić information content (AvgIpc) is 2.52. The molecule has 92 valence electrons. The normalized spacial score (nSPS) is 13.1. The Morgan fingerprint density at radius 3 is 2.69 bits per heavy atom. The number of aliphatic hydroxyl groups excluding tert-OH is 1. The third-order valence-corrected chi connectivity index (χ3v) is 2.87. The minimum atomic E-state index is 0.133. The van der Waals surface area contributed by atoms with E-state index >= 15 is 0 Å². The van der Waals surface area contributed by atoms with E-state index in [4.69, 9.17) is 5.11 Å². The van der Waals surface area contributed by atoms with E-state index in [-0.39, 0.29) is 12.6 Å². The van der Waals surface area contributed by atoms with Crippen LogP contribution in [0.15, 0.2) is 0 Å². The maximum atomic E-state index is 8.96. The summed E-state index contributed by atoms with van der Waals surface area (Å²) in [6, 6.07) is 0.133. The van der Waals surface area contributed by atoms with Gasteiger partial charge in [-0.05, 0) is 27.2 Å². The summed E-state index contributed by atoms with van der Waals surface area (Å²) in [6.07, 6.45) is 1.10. The van der Waals surface area contributed by atoms with Crippen LogP contribution in [-0.4, -0.2) is 27.5 Å². The Bertz CT molecular complexity index is 333. The summed E-state index contributed by atoms with van der Waals surface area (Å²) in [5.74, 6) is 0. The number of hydrogen-bond donors (Lipinski definition) is 2. The molecule has 1 rings (SSSR count). The van der Waals surface area contributed by atoms with Crippen LogP contribution in [0.5, 0.6) is 0 Å². The largest absolute Gasteiger partial charge is 0.395 e. The van der Waals surface area contributed by atoms with Crippen LogP contribution in [0, 0.1) is 13.8 Å². The Morgan fingerprint density at radius 2 is 2.12 bits per heavy atom. The van der Waals surface area contributed by atoms with E-state index in [0.29, 0.717) is 0 Å². The maximum Gasteiger partial charge on any atom is 0.0641 e. The number of aryl methyl sites for hydroxylation is 2. The standard InChI is InChI=1S/C12H23N3O/c1-5-6-15-11(4)12(10(3)14-15)7-13-9(2)8-16/h9,13,16H,5-8H2,1-4H3/t9-/m1/s1. The van der Waals surface area contributed by atoms with E-state index in [1.807, 2.05) is 13.8 Å². The zero-order valence-corrected chi connectivity index (χ0v) is 10.7. The SMILES string of the molecule is CCCn1nc(C)c(CN[C@H](C)CO)c1C. The van der Waals surface area contributed by atoms with Crippen molar-refractivity contribution in [1.82, 2.24) is 15.1 Å². The first-order valence-corrected chi connectivity index (χ1v) is 5.97. The quantitative estimate of drug-likeness (QED) is 0.769. The Hall–Kier alpha value is -0.870. The lowest BCUT2D eigenvalue weighted by molar-refractivity contribution is 0.251. The van der Waals surface area contributed by atoms with Crippen molar-refractivity contribution >= 4 is 0 Å². The lowest BCUT2D eigenvalue weighted by Gasteiger charge is -2.10. The van der Waals surface area contributed by atoms with Crippen molar-refractivity contribution in [2.75, 3.05) is 6.61 Å². The number of aromatic nitrogens is 2. The van der Waals surface area contributed by atoms with Crippen LogP contribution in [0.4, 0.5) is 0 Å². The first kappa shape index (κ1) is 13.2. The molecule has 0 saturated carbocycles. The first-order valence-electron chi connectivity index (χ1n) is 5.97. The van der Waals surface area contributed by atoms with Gasteiger partial charge in [-0.25, -0.2) is 0 Å². The van der Waals surface area contributed by atoms with Crippen molar-refractivity contribution < 1.29 is 5.11 Å². The van der Waals surface area contributed by atoms with Gasteiger partial charge in [0.1, 0.15) is 0 Å². The fraction of sp³-hybridized carbons (Fsp3) is 0.750. The van der Waals surface area contributed by atoms with Crippen LogP contribution in [-0.2, 0) is 13.1 Å². The summed E-state index contributed by atoms with van der Waals surface area (Å²) in [4.78, 5) is 0. The van der Waals surface area contributed by atoms with Gasteiger partial charge in [-0.1, -0.05) is 6.92 Å². The molecule has 1 aromatic heterocycles. The van der Waals surface area contributed by atoms with Gasteiger partial charge in [-0.3, -0.25) is 4.68 Å². The van der Waals surface area contributed by atoms with Gasteiger partial charge in [0.05, 0.1) is 12.3 Å². The summed E-state index contributed by atoms with van der Waals surface area (Å²) in [5.41, 5.74) is 3.58. The molecule has 0 aromatic carbocycles. The van der Waals surface area contributed by atoms with Gasteiger partial charge in [-0.2, -0.15) is 5.10 Å². The Balaban J connectivity index is 2.72. The molecule has 0 spiro atoms. The van der Waals surface area contributed by atoms with Gasteiger partial charge >= 0.3 is 0 Å². The van der Waals surface area contributed by atoms with Gasteiger partial charge in [0.25, 0.3) is 0 Å². The number of rotatable bonds is 6. The van der Waals surface area contributed by atoms with Crippen molar-refractivity contribution in [3.63, 3.8) is 0 Å². The highest BCUT2D eigenvalue weighted by Crippen LogP contribution is 2.13. The smallest absolute Gasteiger partial charge is 0.0641 e. The van der Waals surface area contributed by atoms with E-state index in [1.54, 1.807) is 0 Å². The first-order chi connectivity index (χ1) is 7.60. The molecule has 2 N–H and O–H groups in total. The van der Waals surface area contributed by atoms with Crippen molar-refractivity contribution in [3.05, 3.63) is 17.0 Å². The molecule has 0 amide bonds. The lowest BCUT2D eigenvalue weighted by Crippen LogP contribution is -2.29. The summed E-state index contributed by atoms with van der Waals surface area (Å²) < 4.78 is 2.07. The second kappa shape index (κ2) is 6.01. The zero-order valence-electron chi connectivity index (χ0n) is 10.7. The maximum absolute atomic E-state index is 8.96. The lowest BCUT2D eigenvalue weighted by atomic mass is 10.2. The van der Waals surface area contributed by atoms with Gasteiger partial charge < -0.3 is 10.4 Å². The summed E-state index contributed by atoms with van der Waals surface area (Å²) >= 11 is 0. The van der Waals surface area contributed by atoms with Gasteiger partial charge in [-0.15, -0.1) is 0 Å². The third kappa shape index (κ3) is 3.06. The number of nitrogens with zero attached hydrogens (tertiary/aromatic N) is 2. The molecule has 0 fully saturated rings. The molecule has 1 heterocycles. The van der Waals surface area contributed by atoms with Crippen molar-refractivity contribution in [2.45, 2.75) is 53.2 Å². The predicted octanol–water partition coefficient (Wildman–Crippen LogP) is 1.38. The zero-order chi connectivity index (χ0) is 12.1. The summed E-state index contributed by atoms with van der Waals surface area (Å²) in [5, 5.41) is 16.8. The third-order valence-electron chi connectivity index (χ3n) is 2.87. The van der Waals surface area contributed by atoms with Gasteiger partial charge in [0.15, 0.2) is 0 Å². The molecule has 0 unspecified atom stereocenters. The minimum absolute atomic E-state index is 0.133. The predicted molar refractivity (Wildman–Crippen MR) is 65.4 cm³/mol. The van der Waals surface area contributed by atoms with E-state index < -0.39 is 0 Å². The minimum Gasteiger partial charge on any atom is -0.395 e. The molecular weight excluding hydrogens is 202 g/mol. The Labute approximate surface area is 97.7 Å². The Kier molecular flexibility index (Phi) is 4.96. The van der Waals surface area contributed by atoms with Gasteiger partial charge in [0.2, 0.25) is 0 Å². The molecule has 0 saturated heterocycles. The summed E-state index contributed by atoms with van der Waals surface area (Å²) in [7, 11) is 0. The molecule has 0 aliphatic carbocycles. The molecule has 1 aromatic rings. The second-order valence-corrected chi connectivity index (χ2v) is 4.34. The Morgan fingerprint density at radius 1 is 1.44 bits per heavy atom. The fourth-order valence-electron chi connectivity index (χ4n) is 1.76. The second-order valence-electron chi connectivity index (χ2n) is 4.34. The van der Waals surface area contributed by atoms with E-state index in [1.165, 1.54) is 11.3 Å². The monoisotopic (exact) mass is 225 g/mol. The van der Waals surface area contributed by atoms with Crippen LogP contribution >= 0.6 is 0 Å². The van der Waals surface area contributed by atoms with Crippen LogP contribution in [0.2, 0.25) is 0 Å². The average molecular weight is 225 g/mol. The van der Waals surface area contributed by atoms with E-state index in [0.717, 1.165) is 25.2 Å². The van der Waals surface area contributed by atoms with Crippen LogP contribution < -0.4 is 5.32 Å². The number of nitrogens with one attached hydrogen (secondary N) is 1. The molecule has 0 aliphatic heterocycles. The number of aliphatic hydroxyl groups is 1. The molecule has 4 nitrogen and oxygen atoms in total. The van der Waals surface area contributed by atoms with Gasteiger partial charge in [0, 0.05) is 30.4 Å². The van der Waals surface area contributed by atoms with Crippen molar-refractivity contribution in [1.29, 1.82) is 0 Å². The van der Waals surface area contributed by atoms with E-state index in [9.17, 15) is 0 Å². The highest BCUT2D eigenvalue weighted by Gasteiger charge is 2.11. The summed E-state index contributed by atoms with van der Waals surface area (Å²) in [6.45, 7) is 10.2. The molecule has 16 heavy (non-hydrogen) atoms. The van der Waals surface area contributed by atoms with Crippen molar-refractivity contribution in [2.24, 2.45) is 0 Å². The van der Waals surface area contributed by atoms with Crippen LogP contribution in [0.3, 0.4) is 0 Å². The van der Waals surface area contributed by atoms with Crippen molar-refractivity contribution in [3.8, 4) is 0 Å². The molecule has 1 atom stereocenters. The van der Waals surface area contributed by atoms with Crippen LogP contribution in [0.1, 0.15) is 37.2 Å². The molecule has 0 aliphatic rings. The fourth-order valence-corrected chi connectivity index (χ4v) is 1.76. The molecule has 4 heteroatoms. The van der Waals surface area contributed by atoms with Crippen LogP contribution in [0.25, 0.3) is 0 Å². The highest BCUT2D eigenvalue weighted by molar-refractivity contribution is 5.24. The molecule has 0 bridgehead atoms. The highest BCUT2D eigenvalue weighted by atomic mass is 16.3. The topological polar surface area (TPSA) is 50.1 Å². The molecule has 0 radical (unpaired) electrons. The number of hydrogen-bond acceptors (Lipinski definition) is 3. The molecular formula is C12H23N3O.